The minimum absolute atomic E-state index is 0.602. The van der Waals surface area contributed by atoms with Crippen LogP contribution in [0.5, 0.6) is 5.75 Å². The van der Waals surface area contributed by atoms with Crippen LogP contribution in [-0.4, -0.2) is 19.7 Å². The van der Waals surface area contributed by atoms with Crippen LogP contribution in [0, 0.1) is 11.8 Å². The van der Waals surface area contributed by atoms with Gasteiger partial charge in [-0.25, -0.2) is 0 Å². The highest BCUT2D eigenvalue weighted by atomic mass is 79.9. The molecule has 1 saturated carbocycles. The van der Waals surface area contributed by atoms with Crippen LogP contribution < -0.4 is 10.1 Å². The van der Waals surface area contributed by atoms with Crippen molar-refractivity contribution in [1.29, 1.82) is 0 Å². The van der Waals surface area contributed by atoms with Gasteiger partial charge in [-0.05, 0) is 71.3 Å². The summed E-state index contributed by atoms with van der Waals surface area (Å²) in [6, 6.07) is 7.04. The number of rotatable bonds is 6. The largest absolute Gasteiger partial charge is 0.496 e. The molecule has 1 fully saturated rings. The van der Waals surface area contributed by atoms with E-state index in [1.165, 1.54) is 24.8 Å². The molecule has 0 aromatic heterocycles. The lowest BCUT2D eigenvalue weighted by Gasteiger charge is -2.25. The van der Waals surface area contributed by atoms with Gasteiger partial charge in [0.2, 0.25) is 0 Å². The average molecular weight is 340 g/mol. The normalized spacial score (nSPS) is 23.8. The molecule has 1 aliphatic carbocycles. The molecule has 0 amide bonds. The van der Waals surface area contributed by atoms with Crippen molar-refractivity contribution in [3.05, 3.63) is 28.2 Å². The van der Waals surface area contributed by atoms with Crippen LogP contribution >= 0.6 is 15.9 Å². The Labute approximate surface area is 131 Å². The fourth-order valence-electron chi connectivity index (χ4n) is 3.38. The molecule has 2 nitrogen and oxygen atoms in total. The highest BCUT2D eigenvalue weighted by molar-refractivity contribution is 9.10. The molecule has 3 heteroatoms. The summed E-state index contributed by atoms with van der Waals surface area (Å²) in [5.74, 6) is 2.62. The first-order valence-corrected chi connectivity index (χ1v) is 8.49. The molecular formula is C17H26BrNO. The Kier molecular flexibility index (Phi) is 5.91. The predicted molar refractivity (Wildman–Crippen MR) is 88.4 cm³/mol. The quantitative estimate of drug-likeness (QED) is 0.828. The first-order chi connectivity index (χ1) is 9.63. The molecule has 2 rings (SSSR count). The summed E-state index contributed by atoms with van der Waals surface area (Å²) >= 11 is 3.58. The summed E-state index contributed by atoms with van der Waals surface area (Å²) < 4.78 is 6.35. The molecule has 0 spiro atoms. The van der Waals surface area contributed by atoms with Gasteiger partial charge in [-0.1, -0.05) is 26.3 Å². The molecule has 0 heterocycles. The molecule has 1 N–H and O–H groups in total. The van der Waals surface area contributed by atoms with Crippen LogP contribution in [-0.2, 0) is 6.42 Å². The highest BCUT2D eigenvalue weighted by Crippen LogP contribution is 2.34. The number of benzene rings is 1. The van der Waals surface area contributed by atoms with E-state index >= 15 is 0 Å². The molecule has 1 aromatic carbocycles. The van der Waals surface area contributed by atoms with Crippen molar-refractivity contribution in [1.82, 2.24) is 5.32 Å². The Morgan fingerprint density at radius 2 is 2.20 bits per heavy atom. The second-order valence-electron chi connectivity index (χ2n) is 6.02. The maximum atomic E-state index is 5.30. The summed E-state index contributed by atoms with van der Waals surface area (Å²) in [4.78, 5) is 0. The molecule has 1 aromatic rings. The fourth-order valence-corrected chi connectivity index (χ4v) is 3.96. The maximum Gasteiger partial charge on any atom is 0.133 e. The number of hydrogen-bond acceptors (Lipinski definition) is 2. The van der Waals surface area contributed by atoms with Gasteiger partial charge in [-0.2, -0.15) is 0 Å². The van der Waals surface area contributed by atoms with E-state index in [1.54, 1.807) is 7.11 Å². The first-order valence-electron chi connectivity index (χ1n) is 7.69. The van der Waals surface area contributed by atoms with Gasteiger partial charge in [0.05, 0.1) is 11.6 Å². The molecule has 0 saturated heterocycles. The van der Waals surface area contributed by atoms with E-state index in [4.69, 9.17) is 4.74 Å². The van der Waals surface area contributed by atoms with Crippen molar-refractivity contribution in [2.75, 3.05) is 13.7 Å². The molecule has 1 aliphatic rings. The fraction of sp³-hybridized carbons (Fsp3) is 0.647. The van der Waals surface area contributed by atoms with Crippen LogP contribution in [0.25, 0.3) is 0 Å². The van der Waals surface area contributed by atoms with Gasteiger partial charge >= 0.3 is 0 Å². The topological polar surface area (TPSA) is 21.3 Å². The zero-order valence-electron chi connectivity index (χ0n) is 12.8. The van der Waals surface area contributed by atoms with E-state index in [0.29, 0.717) is 6.04 Å². The van der Waals surface area contributed by atoms with E-state index in [1.807, 2.05) is 0 Å². The minimum atomic E-state index is 0.602. The average Bonchev–Trinajstić information content (AvgIpc) is 2.85. The number of halogens is 1. The van der Waals surface area contributed by atoms with Gasteiger partial charge in [0.25, 0.3) is 0 Å². The monoisotopic (exact) mass is 339 g/mol. The summed E-state index contributed by atoms with van der Waals surface area (Å²) in [5, 5.41) is 3.70. The van der Waals surface area contributed by atoms with Gasteiger partial charge in [-0.15, -0.1) is 0 Å². The standard InChI is InChI=1S/C17H26BrNO/c1-4-19-16(14-7-5-12(2)9-14)11-13-6-8-17(20-3)15(18)10-13/h6,8,10,12,14,16,19H,4-5,7,9,11H2,1-3H3. The molecule has 0 radical (unpaired) electrons. The van der Waals surface area contributed by atoms with Crippen LogP contribution in [0.15, 0.2) is 22.7 Å². The molecule has 20 heavy (non-hydrogen) atoms. The maximum absolute atomic E-state index is 5.30. The summed E-state index contributed by atoms with van der Waals surface area (Å²) in [6.07, 6.45) is 5.23. The second-order valence-corrected chi connectivity index (χ2v) is 6.87. The lowest BCUT2D eigenvalue weighted by molar-refractivity contribution is 0.353. The van der Waals surface area contributed by atoms with Crippen LogP contribution in [0.3, 0.4) is 0 Å². The van der Waals surface area contributed by atoms with Crippen molar-refractivity contribution < 1.29 is 4.74 Å². The van der Waals surface area contributed by atoms with Gasteiger partial charge in [0.15, 0.2) is 0 Å². The third-order valence-electron chi connectivity index (χ3n) is 4.44. The Balaban J connectivity index is 2.05. The molecular weight excluding hydrogens is 314 g/mol. The minimum Gasteiger partial charge on any atom is -0.496 e. The predicted octanol–water partition coefficient (Wildman–Crippen LogP) is 4.41. The highest BCUT2D eigenvalue weighted by Gasteiger charge is 2.28. The van der Waals surface area contributed by atoms with Crippen LogP contribution in [0.2, 0.25) is 0 Å². The Morgan fingerprint density at radius 3 is 2.75 bits per heavy atom. The van der Waals surface area contributed by atoms with E-state index < -0.39 is 0 Å². The second kappa shape index (κ2) is 7.46. The van der Waals surface area contributed by atoms with Crippen molar-refractivity contribution in [3.8, 4) is 5.75 Å². The van der Waals surface area contributed by atoms with Gasteiger partial charge in [-0.3, -0.25) is 0 Å². The third kappa shape index (κ3) is 3.98. The van der Waals surface area contributed by atoms with E-state index in [-0.39, 0.29) is 0 Å². The molecule has 0 bridgehead atoms. The molecule has 0 aliphatic heterocycles. The van der Waals surface area contributed by atoms with Gasteiger partial charge in [0, 0.05) is 6.04 Å². The smallest absolute Gasteiger partial charge is 0.133 e. The summed E-state index contributed by atoms with van der Waals surface area (Å²) in [5.41, 5.74) is 1.38. The number of nitrogens with one attached hydrogen (secondary N) is 1. The van der Waals surface area contributed by atoms with Crippen molar-refractivity contribution in [2.24, 2.45) is 11.8 Å². The zero-order valence-corrected chi connectivity index (χ0v) is 14.4. The van der Waals surface area contributed by atoms with Crippen molar-refractivity contribution in [2.45, 2.75) is 45.6 Å². The molecule has 3 unspecified atom stereocenters. The molecule has 3 atom stereocenters. The molecule has 112 valence electrons. The Hall–Kier alpha value is -0.540. The van der Waals surface area contributed by atoms with Gasteiger partial charge in [0.1, 0.15) is 5.75 Å². The van der Waals surface area contributed by atoms with Gasteiger partial charge < -0.3 is 10.1 Å². The van der Waals surface area contributed by atoms with Crippen molar-refractivity contribution >= 4 is 15.9 Å². The first kappa shape index (κ1) is 15.8. The lowest BCUT2D eigenvalue weighted by atomic mass is 9.91. The summed E-state index contributed by atoms with van der Waals surface area (Å²) in [6.45, 7) is 5.63. The number of ether oxygens (including phenoxy) is 1. The van der Waals surface area contributed by atoms with E-state index in [2.05, 4.69) is 53.3 Å². The Morgan fingerprint density at radius 1 is 1.40 bits per heavy atom. The zero-order chi connectivity index (χ0) is 14.5. The van der Waals surface area contributed by atoms with Crippen LogP contribution in [0.4, 0.5) is 0 Å². The lowest BCUT2D eigenvalue weighted by Crippen LogP contribution is -2.37. The number of hydrogen-bond donors (Lipinski definition) is 1. The third-order valence-corrected chi connectivity index (χ3v) is 5.06. The van der Waals surface area contributed by atoms with Crippen molar-refractivity contribution in [3.63, 3.8) is 0 Å². The van der Waals surface area contributed by atoms with E-state index in [0.717, 1.165) is 35.0 Å². The SMILES string of the molecule is CCNC(Cc1ccc(OC)c(Br)c1)C1CCC(C)C1. The van der Waals surface area contributed by atoms with Crippen LogP contribution in [0.1, 0.15) is 38.7 Å². The summed E-state index contributed by atoms with van der Waals surface area (Å²) in [7, 11) is 1.71. The van der Waals surface area contributed by atoms with E-state index in [9.17, 15) is 0 Å². The Bertz CT molecular complexity index is 435. The number of methoxy groups -OCH3 is 1. The number of likely N-dealkylation sites (N-methyl/N-ethyl adjacent to an activating group) is 1.